The van der Waals surface area contributed by atoms with E-state index in [9.17, 15) is 18.0 Å². The topological polar surface area (TPSA) is 20.3 Å². The van der Waals surface area contributed by atoms with Crippen LogP contribution in [0, 0.1) is 6.92 Å². The molecule has 0 bridgehead atoms. The molecular formula is C21H21ClF3NO. The molecule has 6 heteroatoms. The van der Waals surface area contributed by atoms with Crippen LogP contribution in [0.15, 0.2) is 42.5 Å². The fraction of sp³-hybridized carbons (Fsp3) is 0.381. The number of hydrogen-bond donors (Lipinski definition) is 0. The Hall–Kier alpha value is -2.01. The lowest BCUT2D eigenvalue weighted by atomic mass is 9.94. The van der Waals surface area contributed by atoms with Gasteiger partial charge in [-0.3, -0.25) is 4.79 Å². The number of amides is 1. The second kappa shape index (κ2) is 7.93. The van der Waals surface area contributed by atoms with Crippen molar-refractivity contribution in [1.29, 1.82) is 0 Å². The van der Waals surface area contributed by atoms with Gasteiger partial charge in [0.25, 0.3) is 5.91 Å². The number of alkyl halides is 3. The summed E-state index contributed by atoms with van der Waals surface area (Å²) in [5.41, 5.74) is 0.811. The van der Waals surface area contributed by atoms with Crippen molar-refractivity contribution < 1.29 is 18.0 Å². The summed E-state index contributed by atoms with van der Waals surface area (Å²) in [6.45, 7) is 2.14. The zero-order valence-corrected chi connectivity index (χ0v) is 15.8. The number of nitrogens with zero attached hydrogens (tertiary/aromatic N) is 1. The van der Waals surface area contributed by atoms with Crippen LogP contribution in [0.3, 0.4) is 0 Å². The Bertz CT molecular complexity index is 817. The minimum Gasteiger partial charge on any atom is -0.335 e. The second-order valence-corrected chi connectivity index (χ2v) is 7.50. The molecule has 1 saturated heterocycles. The van der Waals surface area contributed by atoms with E-state index in [4.69, 9.17) is 11.6 Å². The van der Waals surface area contributed by atoms with E-state index >= 15 is 0 Å². The minimum atomic E-state index is -4.47. The molecule has 1 fully saturated rings. The van der Waals surface area contributed by atoms with Gasteiger partial charge < -0.3 is 4.90 Å². The third-order valence-electron chi connectivity index (χ3n) is 4.92. The van der Waals surface area contributed by atoms with Crippen LogP contribution in [0.5, 0.6) is 0 Å². The molecular weight excluding hydrogens is 375 g/mol. The highest BCUT2D eigenvalue weighted by Gasteiger charge is 2.33. The molecule has 0 aliphatic carbocycles. The van der Waals surface area contributed by atoms with Crippen LogP contribution in [-0.2, 0) is 12.6 Å². The molecule has 1 heterocycles. The van der Waals surface area contributed by atoms with E-state index in [2.05, 4.69) is 0 Å². The molecule has 0 N–H and O–H groups in total. The van der Waals surface area contributed by atoms with Gasteiger partial charge in [-0.05, 0) is 74.1 Å². The highest BCUT2D eigenvalue weighted by molar-refractivity contribution is 6.30. The van der Waals surface area contributed by atoms with Crippen molar-refractivity contribution in [2.75, 3.05) is 6.54 Å². The van der Waals surface area contributed by atoms with E-state index in [1.807, 2.05) is 24.3 Å². The number of benzene rings is 2. The van der Waals surface area contributed by atoms with E-state index in [-0.39, 0.29) is 17.5 Å². The van der Waals surface area contributed by atoms with Crippen molar-refractivity contribution in [3.05, 3.63) is 69.7 Å². The minimum absolute atomic E-state index is 0.0257. The first kappa shape index (κ1) is 19.7. The van der Waals surface area contributed by atoms with Gasteiger partial charge in [-0.1, -0.05) is 23.7 Å². The lowest BCUT2D eigenvalue weighted by molar-refractivity contribution is -0.137. The molecule has 0 spiro atoms. The third kappa shape index (κ3) is 4.83. The summed E-state index contributed by atoms with van der Waals surface area (Å²) in [5, 5.41) is 0.648. The molecule has 144 valence electrons. The van der Waals surface area contributed by atoms with Crippen LogP contribution in [0.1, 0.15) is 46.3 Å². The van der Waals surface area contributed by atoms with E-state index in [0.29, 0.717) is 23.6 Å². The Balaban J connectivity index is 1.85. The number of halogens is 4. The zero-order valence-electron chi connectivity index (χ0n) is 15.0. The third-order valence-corrected chi connectivity index (χ3v) is 5.18. The van der Waals surface area contributed by atoms with Crippen LogP contribution in [0.2, 0.25) is 5.02 Å². The molecule has 27 heavy (non-hydrogen) atoms. The van der Waals surface area contributed by atoms with Gasteiger partial charge in [0.15, 0.2) is 0 Å². The van der Waals surface area contributed by atoms with Gasteiger partial charge >= 0.3 is 6.18 Å². The predicted octanol–water partition coefficient (Wildman–Crippen LogP) is 5.90. The lowest BCUT2D eigenvalue weighted by Gasteiger charge is -2.36. The first-order valence-electron chi connectivity index (χ1n) is 8.98. The quantitative estimate of drug-likeness (QED) is 0.633. The van der Waals surface area contributed by atoms with E-state index in [0.717, 1.165) is 37.0 Å². The highest BCUT2D eigenvalue weighted by atomic mass is 35.5. The normalized spacial score (nSPS) is 17.8. The molecule has 2 aromatic carbocycles. The van der Waals surface area contributed by atoms with Crippen LogP contribution in [-0.4, -0.2) is 23.4 Å². The number of piperidine rings is 1. The summed E-state index contributed by atoms with van der Waals surface area (Å²) in [7, 11) is 0. The Kier molecular flexibility index (Phi) is 5.80. The lowest BCUT2D eigenvalue weighted by Crippen LogP contribution is -2.45. The fourth-order valence-electron chi connectivity index (χ4n) is 3.61. The molecule has 2 aromatic rings. The van der Waals surface area contributed by atoms with Crippen molar-refractivity contribution >= 4 is 17.5 Å². The van der Waals surface area contributed by atoms with Gasteiger partial charge in [-0.2, -0.15) is 13.2 Å². The second-order valence-electron chi connectivity index (χ2n) is 7.06. The van der Waals surface area contributed by atoms with Gasteiger partial charge in [0.05, 0.1) is 5.56 Å². The molecule has 1 aliphatic rings. The van der Waals surface area contributed by atoms with Gasteiger partial charge in [0.2, 0.25) is 0 Å². The van der Waals surface area contributed by atoms with Crippen molar-refractivity contribution in [1.82, 2.24) is 4.90 Å². The smallest absolute Gasteiger partial charge is 0.335 e. The van der Waals surface area contributed by atoms with E-state index < -0.39 is 11.7 Å². The van der Waals surface area contributed by atoms with Crippen LogP contribution in [0.4, 0.5) is 13.2 Å². The Morgan fingerprint density at radius 1 is 1.15 bits per heavy atom. The molecule has 1 aliphatic heterocycles. The van der Waals surface area contributed by atoms with Crippen molar-refractivity contribution in [2.24, 2.45) is 0 Å². The van der Waals surface area contributed by atoms with E-state index in [1.54, 1.807) is 11.8 Å². The first-order valence-corrected chi connectivity index (χ1v) is 9.36. The van der Waals surface area contributed by atoms with E-state index in [1.165, 1.54) is 6.07 Å². The summed E-state index contributed by atoms with van der Waals surface area (Å²) in [6, 6.07) is 11.0. The molecule has 1 amide bonds. The zero-order chi connectivity index (χ0) is 19.6. The maximum absolute atomic E-state index is 13.1. The number of aryl methyl sites for hydroxylation is 1. The molecule has 1 unspecified atom stereocenters. The number of hydrogen-bond acceptors (Lipinski definition) is 1. The van der Waals surface area contributed by atoms with Gasteiger partial charge in [-0.15, -0.1) is 0 Å². The number of rotatable bonds is 3. The fourth-order valence-corrected chi connectivity index (χ4v) is 3.73. The Morgan fingerprint density at radius 2 is 1.85 bits per heavy atom. The summed E-state index contributed by atoms with van der Waals surface area (Å²) >= 11 is 5.92. The Labute approximate surface area is 161 Å². The summed E-state index contributed by atoms with van der Waals surface area (Å²) in [5.74, 6) is -0.331. The van der Waals surface area contributed by atoms with Gasteiger partial charge in [-0.25, -0.2) is 0 Å². The molecule has 0 radical (unpaired) electrons. The largest absolute Gasteiger partial charge is 0.416 e. The first-order chi connectivity index (χ1) is 12.7. The van der Waals surface area contributed by atoms with Crippen molar-refractivity contribution in [2.45, 2.75) is 44.8 Å². The van der Waals surface area contributed by atoms with Crippen LogP contribution < -0.4 is 0 Å². The molecule has 0 saturated carbocycles. The van der Waals surface area contributed by atoms with Gasteiger partial charge in [0, 0.05) is 23.2 Å². The standard InChI is InChI=1S/C21H21ClF3NO/c1-14-10-16(13-17(11-14)21(23,24)25)20(27)26-9-3-2-4-19(26)12-15-5-7-18(22)8-6-15/h5-8,10-11,13,19H,2-4,9,12H2,1H3. The maximum atomic E-state index is 13.1. The Morgan fingerprint density at radius 3 is 2.52 bits per heavy atom. The number of carbonyl (C=O) groups excluding carboxylic acids is 1. The molecule has 2 nitrogen and oxygen atoms in total. The summed E-state index contributed by atoms with van der Waals surface area (Å²) < 4.78 is 39.3. The molecule has 0 aromatic heterocycles. The molecule has 1 atom stereocenters. The SMILES string of the molecule is Cc1cc(C(=O)N2CCCCC2Cc2ccc(Cl)cc2)cc(C(F)(F)F)c1. The average Bonchev–Trinajstić information content (AvgIpc) is 2.62. The van der Waals surface area contributed by atoms with Gasteiger partial charge in [0.1, 0.15) is 0 Å². The van der Waals surface area contributed by atoms with Crippen LogP contribution >= 0.6 is 11.6 Å². The highest BCUT2D eigenvalue weighted by Crippen LogP contribution is 2.31. The van der Waals surface area contributed by atoms with Crippen molar-refractivity contribution in [3.8, 4) is 0 Å². The monoisotopic (exact) mass is 395 g/mol. The average molecular weight is 396 g/mol. The summed E-state index contributed by atoms with van der Waals surface area (Å²) in [6.07, 6.45) is -1.09. The number of carbonyl (C=O) groups is 1. The molecule has 3 rings (SSSR count). The van der Waals surface area contributed by atoms with Crippen LogP contribution in [0.25, 0.3) is 0 Å². The predicted molar refractivity (Wildman–Crippen MR) is 100 cm³/mol. The van der Waals surface area contributed by atoms with Crippen molar-refractivity contribution in [3.63, 3.8) is 0 Å². The summed E-state index contributed by atoms with van der Waals surface area (Å²) in [4.78, 5) is 14.8. The maximum Gasteiger partial charge on any atom is 0.416 e. The number of likely N-dealkylation sites (tertiary alicyclic amines) is 1.